The predicted octanol–water partition coefficient (Wildman–Crippen LogP) is 3.51. The number of hydrogen-bond donors (Lipinski definition) is 0. The number of rotatable bonds is 0. The van der Waals surface area contributed by atoms with E-state index < -0.39 is 0 Å². The summed E-state index contributed by atoms with van der Waals surface area (Å²) < 4.78 is 5.31. The fourth-order valence-electron chi connectivity index (χ4n) is 3.22. The molecule has 2 nitrogen and oxygen atoms in total. The van der Waals surface area contributed by atoms with Crippen molar-refractivity contribution in [1.29, 1.82) is 0 Å². The Bertz CT molecular complexity index is 493. The molecule has 3 aliphatic rings. The number of carbonyl (C=O) groups excluding carboxylic acids is 1. The predicted molar refractivity (Wildman–Crippen MR) is 66.1 cm³/mol. The Kier molecular flexibility index (Phi) is 2.13. The van der Waals surface area contributed by atoms with Gasteiger partial charge < -0.3 is 4.74 Å². The van der Waals surface area contributed by atoms with Gasteiger partial charge in [0.05, 0.1) is 0 Å². The molecule has 0 aromatic rings. The molecule has 0 bridgehead atoms. The number of allylic oxidation sites excluding steroid dienone is 4. The van der Waals surface area contributed by atoms with Crippen molar-refractivity contribution in [1.82, 2.24) is 0 Å². The first-order chi connectivity index (χ1) is 8.02. The third-order valence-corrected chi connectivity index (χ3v) is 4.80. The second-order valence-corrected chi connectivity index (χ2v) is 5.73. The van der Waals surface area contributed by atoms with Crippen molar-refractivity contribution < 1.29 is 9.53 Å². The highest BCUT2D eigenvalue weighted by atomic mass is 16.5. The molecule has 0 aromatic heterocycles. The van der Waals surface area contributed by atoms with Gasteiger partial charge in [-0.2, -0.15) is 0 Å². The largest absolute Gasteiger partial charge is 0.423 e. The highest BCUT2D eigenvalue weighted by Gasteiger charge is 2.43. The Morgan fingerprint density at radius 1 is 1.47 bits per heavy atom. The molecule has 2 aliphatic carbocycles. The molecule has 2 unspecified atom stereocenters. The molecular formula is C15H18O2. The molecule has 3 rings (SSSR count). The maximum absolute atomic E-state index is 11.6. The van der Waals surface area contributed by atoms with Gasteiger partial charge >= 0.3 is 5.97 Å². The summed E-state index contributed by atoms with van der Waals surface area (Å²) in [5.41, 5.74) is 3.47. The normalized spacial score (nSPS) is 35.9. The number of ether oxygens (including phenoxy) is 1. The highest BCUT2D eigenvalue weighted by molar-refractivity contribution is 5.94. The average molecular weight is 230 g/mol. The first kappa shape index (κ1) is 10.8. The summed E-state index contributed by atoms with van der Waals surface area (Å²) in [6.07, 6.45) is 7.73. The summed E-state index contributed by atoms with van der Waals surface area (Å²) in [4.78, 5) is 11.6. The first-order valence-electron chi connectivity index (χ1n) is 6.37. The SMILES string of the molecule is CC1=C2CC3(C)C(=CCCC3C)C=C2OC1=O. The fraction of sp³-hybridized carbons (Fsp3) is 0.533. The van der Waals surface area contributed by atoms with E-state index in [1.807, 2.05) is 6.92 Å². The molecule has 90 valence electrons. The fourth-order valence-corrected chi connectivity index (χ4v) is 3.22. The highest BCUT2D eigenvalue weighted by Crippen LogP contribution is 2.53. The zero-order chi connectivity index (χ0) is 12.2. The lowest BCUT2D eigenvalue weighted by molar-refractivity contribution is -0.133. The van der Waals surface area contributed by atoms with E-state index in [1.165, 1.54) is 12.0 Å². The smallest absolute Gasteiger partial charge is 0.339 e. The zero-order valence-electron chi connectivity index (χ0n) is 10.7. The number of esters is 1. The average Bonchev–Trinajstić information content (AvgIpc) is 2.55. The molecule has 0 aromatic carbocycles. The van der Waals surface area contributed by atoms with Gasteiger partial charge in [-0.1, -0.05) is 19.9 Å². The van der Waals surface area contributed by atoms with E-state index in [9.17, 15) is 4.79 Å². The van der Waals surface area contributed by atoms with Gasteiger partial charge in [0.1, 0.15) is 5.76 Å². The van der Waals surface area contributed by atoms with Gasteiger partial charge in [-0.15, -0.1) is 0 Å². The first-order valence-corrected chi connectivity index (χ1v) is 6.37. The summed E-state index contributed by atoms with van der Waals surface area (Å²) in [5.74, 6) is 1.29. The van der Waals surface area contributed by atoms with Crippen LogP contribution in [-0.4, -0.2) is 5.97 Å². The van der Waals surface area contributed by atoms with Crippen LogP contribution in [0.3, 0.4) is 0 Å². The summed E-state index contributed by atoms with van der Waals surface area (Å²) in [5, 5.41) is 0. The van der Waals surface area contributed by atoms with Gasteiger partial charge in [0.15, 0.2) is 0 Å². The van der Waals surface area contributed by atoms with E-state index in [2.05, 4.69) is 26.0 Å². The van der Waals surface area contributed by atoms with Crippen LogP contribution in [0.15, 0.2) is 34.6 Å². The summed E-state index contributed by atoms with van der Waals surface area (Å²) in [6, 6.07) is 0. The minimum Gasteiger partial charge on any atom is -0.423 e. The Morgan fingerprint density at radius 2 is 2.24 bits per heavy atom. The van der Waals surface area contributed by atoms with Crippen LogP contribution in [0.1, 0.15) is 40.0 Å². The lowest BCUT2D eigenvalue weighted by atomic mass is 9.61. The van der Waals surface area contributed by atoms with E-state index in [0.717, 1.165) is 29.7 Å². The van der Waals surface area contributed by atoms with Gasteiger partial charge in [-0.25, -0.2) is 4.79 Å². The molecule has 0 saturated carbocycles. The molecule has 1 aliphatic heterocycles. The maximum Gasteiger partial charge on any atom is 0.339 e. The Labute approximate surface area is 102 Å². The standard InChI is InChI=1S/C15H18O2/c1-9-5-4-6-11-7-13-12(8-15(9,11)3)10(2)14(16)17-13/h6-7,9H,4-5,8H2,1-3H3. The molecule has 17 heavy (non-hydrogen) atoms. The van der Waals surface area contributed by atoms with Crippen LogP contribution in [0, 0.1) is 11.3 Å². The third-order valence-electron chi connectivity index (χ3n) is 4.80. The number of fused-ring (bicyclic) bond motifs is 2. The molecule has 0 radical (unpaired) electrons. The summed E-state index contributed by atoms with van der Waals surface area (Å²) in [6.45, 7) is 6.52. The topological polar surface area (TPSA) is 26.3 Å². The van der Waals surface area contributed by atoms with Gasteiger partial charge in [-0.05, 0) is 49.2 Å². The van der Waals surface area contributed by atoms with Gasteiger partial charge in [0, 0.05) is 11.1 Å². The molecule has 0 N–H and O–H groups in total. The third kappa shape index (κ3) is 1.36. The van der Waals surface area contributed by atoms with Gasteiger partial charge in [0.25, 0.3) is 0 Å². The maximum atomic E-state index is 11.6. The van der Waals surface area contributed by atoms with Crippen molar-refractivity contribution in [3.05, 3.63) is 34.6 Å². The van der Waals surface area contributed by atoms with E-state index in [4.69, 9.17) is 4.74 Å². The minimum atomic E-state index is -0.165. The van der Waals surface area contributed by atoms with Crippen molar-refractivity contribution >= 4 is 5.97 Å². The van der Waals surface area contributed by atoms with Crippen molar-refractivity contribution in [2.24, 2.45) is 11.3 Å². The van der Waals surface area contributed by atoms with Crippen LogP contribution in [0.4, 0.5) is 0 Å². The quantitative estimate of drug-likeness (QED) is 0.595. The monoisotopic (exact) mass is 230 g/mol. The number of hydrogen-bond acceptors (Lipinski definition) is 2. The Balaban J connectivity index is 2.14. The van der Waals surface area contributed by atoms with Crippen molar-refractivity contribution in [2.75, 3.05) is 0 Å². The van der Waals surface area contributed by atoms with E-state index >= 15 is 0 Å². The summed E-state index contributed by atoms with van der Waals surface area (Å²) in [7, 11) is 0. The Hall–Kier alpha value is -1.31. The number of carbonyl (C=O) groups is 1. The van der Waals surface area contributed by atoms with Crippen molar-refractivity contribution in [2.45, 2.75) is 40.0 Å². The van der Waals surface area contributed by atoms with Crippen LogP contribution in [0.5, 0.6) is 0 Å². The van der Waals surface area contributed by atoms with Crippen molar-refractivity contribution in [3.63, 3.8) is 0 Å². The van der Waals surface area contributed by atoms with Crippen molar-refractivity contribution in [3.8, 4) is 0 Å². The molecule has 1 heterocycles. The molecular weight excluding hydrogens is 212 g/mol. The van der Waals surface area contributed by atoms with E-state index in [-0.39, 0.29) is 11.4 Å². The molecule has 0 amide bonds. The molecule has 2 atom stereocenters. The molecule has 2 heteroatoms. The molecule has 0 fully saturated rings. The lowest BCUT2D eigenvalue weighted by Crippen LogP contribution is -2.32. The van der Waals surface area contributed by atoms with E-state index in [1.54, 1.807) is 0 Å². The van der Waals surface area contributed by atoms with E-state index in [0.29, 0.717) is 5.92 Å². The van der Waals surface area contributed by atoms with Crippen LogP contribution in [-0.2, 0) is 9.53 Å². The van der Waals surface area contributed by atoms with Crippen LogP contribution < -0.4 is 0 Å². The van der Waals surface area contributed by atoms with Crippen LogP contribution >= 0.6 is 0 Å². The lowest BCUT2D eigenvalue weighted by Gasteiger charge is -2.43. The second-order valence-electron chi connectivity index (χ2n) is 5.73. The minimum absolute atomic E-state index is 0.165. The van der Waals surface area contributed by atoms with Gasteiger partial charge in [-0.3, -0.25) is 0 Å². The summed E-state index contributed by atoms with van der Waals surface area (Å²) >= 11 is 0. The molecule has 0 saturated heterocycles. The Morgan fingerprint density at radius 3 is 3.00 bits per heavy atom. The zero-order valence-corrected chi connectivity index (χ0v) is 10.7. The second kappa shape index (κ2) is 3.34. The van der Waals surface area contributed by atoms with Crippen LogP contribution in [0.25, 0.3) is 0 Å². The van der Waals surface area contributed by atoms with Crippen LogP contribution in [0.2, 0.25) is 0 Å². The van der Waals surface area contributed by atoms with Gasteiger partial charge in [0.2, 0.25) is 0 Å². The molecule has 0 spiro atoms.